The van der Waals surface area contributed by atoms with Gasteiger partial charge in [-0.15, -0.1) is 0 Å². The molecule has 1 aromatic rings. The van der Waals surface area contributed by atoms with Crippen LogP contribution in [0.2, 0.25) is 6.32 Å². The van der Waals surface area contributed by atoms with Crippen molar-refractivity contribution >= 4 is 7.12 Å². The number of hydrogen-bond acceptors (Lipinski definition) is 2. The summed E-state index contributed by atoms with van der Waals surface area (Å²) in [5.74, 6) is 1.30. The van der Waals surface area contributed by atoms with Gasteiger partial charge < -0.3 is 9.31 Å². The molecule has 0 bridgehead atoms. The standard InChI is InChI=1S/C26H41BO2/c1-18(2)19-10-12-21-20(16-19)11-13-22-25(7,14-9-15-26(21,22)8)17-27-28-23(3,4)24(5,6)29-27/h10,12,16,18,22H,9,11,13-15,17H2,1-8H3/t22-,25-,26+/m0/s1. The average molecular weight is 396 g/mol. The van der Waals surface area contributed by atoms with Gasteiger partial charge in [-0.05, 0) is 99.1 Å². The summed E-state index contributed by atoms with van der Waals surface area (Å²) < 4.78 is 12.9. The number of hydrogen-bond donors (Lipinski definition) is 0. The molecule has 0 N–H and O–H groups in total. The second-order valence-corrected chi connectivity index (χ2v) is 12.0. The van der Waals surface area contributed by atoms with Crippen LogP contribution < -0.4 is 0 Å². The van der Waals surface area contributed by atoms with E-state index in [0.717, 1.165) is 6.32 Å². The van der Waals surface area contributed by atoms with Gasteiger partial charge in [0.1, 0.15) is 0 Å². The van der Waals surface area contributed by atoms with Crippen LogP contribution in [-0.4, -0.2) is 18.3 Å². The third kappa shape index (κ3) is 3.41. The third-order valence-electron chi connectivity index (χ3n) is 9.10. The highest BCUT2D eigenvalue weighted by molar-refractivity contribution is 6.45. The lowest BCUT2D eigenvalue weighted by Gasteiger charge is -2.56. The second-order valence-electron chi connectivity index (χ2n) is 12.0. The minimum absolute atomic E-state index is 0.0861. The van der Waals surface area contributed by atoms with Crippen LogP contribution in [-0.2, 0) is 21.1 Å². The molecule has 3 heteroatoms. The van der Waals surface area contributed by atoms with Crippen molar-refractivity contribution in [2.24, 2.45) is 11.3 Å². The van der Waals surface area contributed by atoms with Gasteiger partial charge in [0.05, 0.1) is 11.2 Å². The van der Waals surface area contributed by atoms with Crippen molar-refractivity contribution in [3.8, 4) is 0 Å². The Bertz CT molecular complexity index is 767. The minimum Gasteiger partial charge on any atom is -0.403 e. The molecule has 0 unspecified atom stereocenters. The molecule has 1 aliphatic heterocycles. The molecule has 0 aromatic heterocycles. The predicted octanol–water partition coefficient (Wildman–Crippen LogP) is 6.91. The van der Waals surface area contributed by atoms with Gasteiger partial charge in [-0.3, -0.25) is 0 Å². The van der Waals surface area contributed by atoms with Gasteiger partial charge in [0.25, 0.3) is 0 Å². The van der Waals surface area contributed by atoms with Crippen molar-refractivity contribution in [1.82, 2.24) is 0 Å². The van der Waals surface area contributed by atoms with Crippen LogP contribution in [0.4, 0.5) is 0 Å². The van der Waals surface area contributed by atoms with Crippen molar-refractivity contribution < 1.29 is 9.31 Å². The summed E-state index contributed by atoms with van der Waals surface area (Å²) in [4.78, 5) is 0. The lowest BCUT2D eigenvalue weighted by molar-refractivity contribution is 0.00578. The lowest BCUT2D eigenvalue weighted by Crippen LogP contribution is -2.50. The maximum absolute atomic E-state index is 6.43. The molecular formula is C26H41BO2. The van der Waals surface area contributed by atoms with Crippen LogP contribution >= 0.6 is 0 Å². The quantitative estimate of drug-likeness (QED) is 0.517. The molecule has 1 saturated carbocycles. The van der Waals surface area contributed by atoms with E-state index in [1.54, 1.807) is 11.1 Å². The zero-order valence-corrected chi connectivity index (χ0v) is 20.0. The van der Waals surface area contributed by atoms with Crippen LogP contribution in [0.5, 0.6) is 0 Å². The molecule has 1 saturated heterocycles. The van der Waals surface area contributed by atoms with Crippen molar-refractivity contribution in [1.29, 1.82) is 0 Å². The van der Waals surface area contributed by atoms with E-state index in [1.807, 2.05) is 0 Å². The molecule has 2 nitrogen and oxygen atoms in total. The van der Waals surface area contributed by atoms with Crippen LogP contribution in [0.3, 0.4) is 0 Å². The number of aryl methyl sites for hydroxylation is 1. The second kappa shape index (κ2) is 6.85. The predicted molar refractivity (Wildman–Crippen MR) is 123 cm³/mol. The highest BCUT2D eigenvalue weighted by atomic mass is 16.7. The average Bonchev–Trinajstić information content (AvgIpc) is 2.80. The Balaban J connectivity index is 1.62. The fourth-order valence-electron chi connectivity index (χ4n) is 6.68. The number of rotatable bonds is 3. The number of benzene rings is 1. The molecule has 29 heavy (non-hydrogen) atoms. The van der Waals surface area contributed by atoms with Crippen molar-refractivity contribution in [3.05, 3.63) is 34.9 Å². The summed E-state index contributed by atoms with van der Waals surface area (Å²) in [5.41, 5.74) is 4.79. The van der Waals surface area contributed by atoms with Crippen molar-refractivity contribution in [2.75, 3.05) is 0 Å². The van der Waals surface area contributed by atoms with Gasteiger partial charge in [-0.2, -0.15) is 0 Å². The molecule has 3 aliphatic rings. The smallest absolute Gasteiger partial charge is 0.403 e. The molecular weight excluding hydrogens is 355 g/mol. The Hall–Kier alpha value is -0.795. The van der Waals surface area contributed by atoms with Gasteiger partial charge in [-0.1, -0.05) is 52.3 Å². The van der Waals surface area contributed by atoms with E-state index in [1.165, 1.54) is 37.7 Å². The molecule has 0 radical (unpaired) electrons. The van der Waals surface area contributed by atoms with E-state index in [4.69, 9.17) is 9.31 Å². The van der Waals surface area contributed by atoms with Crippen LogP contribution in [0.25, 0.3) is 0 Å². The Kier molecular flexibility index (Phi) is 5.07. The van der Waals surface area contributed by atoms with E-state index >= 15 is 0 Å². The van der Waals surface area contributed by atoms with Gasteiger partial charge in [0.15, 0.2) is 0 Å². The first-order valence-electron chi connectivity index (χ1n) is 11.9. The maximum Gasteiger partial charge on any atom is 0.458 e. The van der Waals surface area contributed by atoms with Crippen LogP contribution in [0.1, 0.15) is 104 Å². The lowest BCUT2D eigenvalue weighted by atomic mass is 9.46. The first-order chi connectivity index (χ1) is 13.4. The van der Waals surface area contributed by atoms with Gasteiger partial charge in [0, 0.05) is 0 Å². The molecule has 3 atom stereocenters. The first-order valence-corrected chi connectivity index (χ1v) is 11.9. The highest BCUT2D eigenvalue weighted by Gasteiger charge is 2.57. The van der Waals surface area contributed by atoms with Crippen LogP contribution in [0, 0.1) is 11.3 Å². The van der Waals surface area contributed by atoms with Crippen LogP contribution in [0.15, 0.2) is 18.2 Å². The Morgan fingerprint density at radius 1 is 1.00 bits per heavy atom. The highest BCUT2D eigenvalue weighted by Crippen LogP contribution is 2.59. The third-order valence-corrected chi connectivity index (χ3v) is 9.10. The van der Waals surface area contributed by atoms with Gasteiger partial charge in [-0.25, -0.2) is 0 Å². The van der Waals surface area contributed by atoms with E-state index in [-0.39, 0.29) is 29.2 Å². The molecule has 2 aliphatic carbocycles. The summed E-state index contributed by atoms with van der Waals surface area (Å²) in [6.07, 6.45) is 7.42. The van der Waals surface area contributed by atoms with Crippen molar-refractivity contribution in [2.45, 2.75) is 116 Å². The molecule has 0 spiro atoms. The minimum atomic E-state index is -0.238. The van der Waals surface area contributed by atoms with Gasteiger partial charge in [0.2, 0.25) is 0 Å². The maximum atomic E-state index is 6.43. The Morgan fingerprint density at radius 2 is 1.66 bits per heavy atom. The van der Waals surface area contributed by atoms with Crippen molar-refractivity contribution in [3.63, 3.8) is 0 Å². The normalized spacial score (nSPS) is 35.5. The topological polar surface area (TPSA) is 18.5 Å². The van der Waals surface area contributed by atoms with E-state index in [9.17, 15) is 0 Å². The molecule has 2 fully saturated rings. The SMILES string of the molecule is CC(C)c1ccc2c(c1)CC[C@H]1[C@](C)(CB3OC(C)(C)C(C)(C)O3)CCC[C@]21C. The monoisotopic (exact) mass is 396 g/mol. The number of fused-ring (bicyclic) bond motifs is 3. The molecule has 0 amide bonds. The van der Waals surface area contributed by atoms with E-state index in [0.29, 0.717) is 11.8 Å². The summed E-state index contributed by atoms with van der Waals surface area (Å²) in [6, 6.07) is 7.36. The molecule has 160 valence electrons. The zero-order chi connectivity index (χ0) is 21.2. The Morgan fingerprint density at radius 3 is 2.28 bits per heavy atom. The molecule has 1 aromatic carbocycles. The fraction of sp³-hybridized carbons (Fsp3) is 0.769. The fourth-order valence-corrected chi connectivity index (χ4v) is 6.68. The van der Waals surface area contributed by atoms with E-state index in [2.05, 4.69) is 73.6 Å². The summed E-state index contributed by atoms with van der Waals surface area (Å²) in [5, 5.41) is 0. The molecule has 4 rings (SSSR count). The summed E-state index contributed by atoms with van der Waals surface area (Å²) in [6.45, 7) is 18.4. The Labute approximate surface area is 179 Å². The summed E-state index contributed by atoms with van der Waals surface area (Å²) in [7, 11) is -0.0861. The van der Waals surface area contributed by atoms with E-state index < -0.39 is 0 Å². The first kappa shape index (κ1) is 21.4. The van der Waals surface area contributed by atoms with Gasteiger partial charge >= 0.3 is 7.12 Å². The zero-order valence-electron chi connectivity index (χ0n) is 20.0. The molecule has 1 heterocycles. The largest absolute Gasteiger partial charge is 0.458 e. The summed E-state index contributed by atoms with van der Waals surface area (Å²) >= 11 is 0.